The number of nitrogens with two attached hydrogens (primary N) is 1. The third-order valence-corrected chi connectivity index (χ3v) is 6.02. The second-order valence-corrected chi connectivity index (χ2v) is 6.81. The molecule has 0 aromatic rings. The minimum atomic E-state index is 0.186. The van der Waals surface area contributed by atoms with Gasteiger partial charge in [-0.05, 0) is 19.3 Å². The molecule has 2 fully saturated rings. The highest BCUT2D eigenvalue weighted by Crippen LogP contribution is 2.27. The van der Waals surface area contributed by atoms with E-state index in [1.807, 2.05) is 28.4 Å². The van der Waals surface area contributed by atoms with Gasteiger partial charge in [0.1, 0.15) is 0 Å². The van der Waals surface area contributed by atoms with Crippen molar-refractivity contribution in [2.24, 2.45) is 5.73 Å². The number of thioether (sulfide) groups is 2. The van der Waals surface area contributed by atoms with Gasteiger partial charge in [-0.25, -0.2) is 0 Å². The predicted octanol–water partition coefficient (Wildman–Crippen LogP) is 1.17. The Labute approximate surface area is 106 Å². The van der Waals surface area contributed by atoms with Crippen LogP contribution in [0.5, 0.6) is 0 Å². The maximum atomic E-state index is 12.4. The van der Waals surface area contributed by atoms with Crippen LogP contribution < -0.4 is 5.73 Å². The summed E-state index contributed by atoms with van der Waals surface area (Å²) in [6.07, 6.45) is 3.46. The average Bonchev–Trinajstić information content (AvgIpc) is 2.39. The number of carbonyl (C=O) groups is 1. The molecule has 0 spiro atoms. The molecule has 2 aliphatic heterocycles. The first-order valence-corrected chi connectivity index (χ1v) is 8.23. The molecular weight excluding hydrogens is 240 g/mol. The monoisotopic (exact) mass is 260 g/mol. The summed E-state index contributed by atoms with van der Waals surface area (Å²) in [6.45, 7) is 1.54. The topological polar surface area (TPSA) is 46.3 Å². The van der Waals surface area contributed by atoms with Gasteiger partial charge < -0.3 is 10.6 Å². The number of likely N-dealkylation sites (tertiary alicyclic amines) is 1. The van der Waals surface area contributed by atoms with Crippen LogP contribution in [0.4, 0.5) is 0 Å². The van der Waals surface area contributed by atoms with Crippen molar-refractivity contribution in [3.05, 3.63) is 0 Å². The van der Waals surface area contributed by atoms with E-state index in [9.17, 15) is 4.79 Å². The molecule has 2 rings (SSSR count). The standard InChI is InChI=1S/C11H20N2OS2/c12-7-9-3-1-2-4-13(9)11(14)10-8-15-5-6-16-10/h9-10H,1-8,12H2. The van der Waals surface area contributed by atoms with Crippen LogP contribution in [0, 0.1) is 0 Å². The second-order valence-electron chi connectivity index (χ2n) is 4.35. The van der Waals surface area contributed by atoms with Gasteiger partial charge in [-0.15, -0.1) is 11.8 Å². The number of carbonyl (C=O) groups excluding carboxylic acids is 1. The molecule has 3 nitrogen and oxygen atoms in total. The van der Waals surface area contributed by atoms with Crippen molar-refractivity contribution in [3.8, 4) is 0 Å². The van der Waals surface area contributed by atoms with Gasteiger partial charge in [-0.2, -0.15) is 11.8 Å². The maximum Gasteiger partial charge on any atom is 0.236 e. The molecule has 2 N–H and O–H groups in total. The smallest absolute Gasteiger partial charge is 0.236 e. The van der Waals surface area contributed by atoms with Gasteiger partial charge in [-0.1, -0.05) is 0 Å². The van der Waals surface area contributed by atoms with E-state index in [-0.39, 0.29) is 5.25 Å². The van der Waals surface area contributed by atoms with Gasteiger partial charge in [-0.3, -0.25) is 4.79 Å². The van der Waals surface area contributed by atoms with Crippen LogP contribution in [0.2, 0.25) is 0 Å². The molecule has 2 aliphatic rings. The van der Waals surface area contributed by atoms with Crippen molar-refractivity contribution in [3.63, 3.8) is 0 Å². The molecule has 0 saturated carbocycles. The summed E-state index contributed by atoms with van der Waals surface area (Å²) in [6, 6.07) is 0.300. The third-order valence-electron chi connectivity index (χ3n) is 3.27. The number of rotatable bonds is 2. The lowest BCUT2D eigenvalue weighted by atomic mass is 10.0. The van der Waals surface area contributed by atoms with E-state index < -0.39 is 0 Å². The lowest BCUT2D eigenvalue weighted by Gasteiger charge is -2.37. The quantitative estimate of drug-likeness (QED) is 0.810. The predicted molar refractivity (Wildman–Crippen MR) is 72.0 cm³/mol. The molecule has 1 amide bonds. The molecule has 0 bridgehead atoms. The van der Waals surface area contributed by atoms with Gasteiger partial charge in [0.2, 0.25) is 5.91 Å². The molecule has 0 aromatic heterocycles. The Kier molecular flexibility index (Phi) is 4.85. The zero-order valence-corrected chi connectivity index (χ0v) is 11.2. The normalized spacial score (nSPS) is 31.4. The summed E-state index contributed by atoms with van der Waals surface area (Å²) in [5.74, 6) is 3.63. The van der Waals surface area contributed by atoms with Crippen molar-refractivity contribution in [2.75, 3.05) is 30.3 Å². The fourth-order valence-electron chi connectivity index (χ4n) is 2.35. The lowest BCUT2D eigenvalue weighted by molar-refractivity contribution is -0.133. The molecule has 92 valence electrons. The van der Waals surface area contributed by atoms with Crippen LogP contribution in [-0.2, 0) is 4.79 Å². The van der Waals surface area contributed by atoms with Gasteiger partial charge >= 0.3 is 0 Å². The Hall–Kier alpha value is 0.130. The van der Waals surface area contributed by atoms with E-state index in [0.29, 0.717) is 18.5 Å². The first-order valence-electron chi connectivity index (χ1n) is 6.03. The summed E-state index contributed by atoms with van der Waals surface area (Å²) < 4.78 is 0. The van der Waals surface area contributed by atoms with Gasteiger partial charge in [0, 0.05) is 36.4 Å². The zero-order valence-electron chi connectivity index (χ0n) is 9.56. The van der Waals surface area contributed by atoms with Crippen LogP contribution in [0.15, 0.2) is 0 Å². The molecular formula is C11H20N2OS2. The van der Waals surface area contributed by atoms with E-state index in [1.54, 1.807) is 0 Å². The van der Waals surface area contributed by atoms with Gasteiger partial charge in [0.15, 0.2) is 0 Å². The van der Waals surface area contributed by atoms with Gasteiger partial charge in [0.25, 0.3) is 0 Å². The Morgan fingerprint density at radius 1 is 1.38 bits per heavy atom. The lowest BCUT2D eigenvalue weighted by Crippen LogP contribution is -2.51. The number of hydrogen-bond acceptors (Lipinski definition) is 4. The van der Waals surface area contributed by atoms with E-state index in [2.05, 4.69) is 0 Å². The van der Waals surface area contributed by atoms with Crippen molar-refractivity contribution in [2.45, 2.75) is 30.6 Å². The van der Waals surface area contributed by atoms with Crippen LogP contribution in [0.1, 0.15) is 19.3 Å². The van der Waals surface area contributed by atoms with Crippen molar-refractivity contribution < 1.29 is 4.79 Å². The highest BCUT2D eigenvalue weighted by molar-refractivity contribution is 8.07. The maximum absolute atomic E-state index is 12.4. The van der Waals surface area contributed by atoms with E-state index in [0.717, 1.165) is 30.9 Å². The number of piperidine rings is 1. The largest absolute Gasteiger partial charge is 0.337 e. The summed E-state index contributed by atoms with van der Waals surface area (Å²) >= 11 is 3.73. The first kappa shape index (κ1) is 12.6. The van der Waals surface area contributed by atoms with Crippen LogP contribution >= 0.6 is 23.5 Å². The van der Waals surface area contributed by atoms with Crippen LogP contribution in [0.25, 0.3) is 0 Å². The van der Waals surface area contributed by atoms with Crippen LogP contribution in [-0.4, -0.2) is 52.4 Å². The molecule has 2 unspecified atom stereocenters. The van der Waals surface area contributed by atoms with E-state index >= 15 is 0 Å². The second kappa shape index (κ2) is 6.17. The number of hydrogen-bond donors (Lipinski definition) is 1. The van der Waals surface area contributed by atoms with Gasteiger partial charge in [0.05, 0.1) is 5.25 Å². The Morgan fingerprint density at radius 3 is 2.94 bits per heavy atom. The Bertz CT molecular complexity index is 244. The molecule has 0 aromatic carbocycles. The average molecular weight is 260 g/mol. The molecule has 2 atom stereocenters. The zero-order chi connectivity index (χ0) is 11.4. The Morgan fingerprint density at radius 2 is 2.25 bits per heavy atom. The minimum Gasteiger partial charge on any atom is -0.337 e. The summed E-state index contributed by atoms with van der Waals surface area (Å²) in [7, 11) is 0. The third kappa shape index (κ3) is 2.87. The van der Waals surface area contributed by atoms with Crippen LogP contribution in [0.3, 0.4) is 0 Å². The highest BCUT2D eigenvalue weighted by atomic mass is 32.2. The minimum absolute atomic E-state index is 0.186. The van der Waals surface area contributed by atoms with Crippen molar-refractivity contribution >= 4 is 29.4 Å². The SMILES string of the molecule is NCC1CCCCN1C(=O)C1CSCCS1. The molecule has 16 heavy (non-hydrogen) atoms. The fraction of sp³-hybridized carbons (Fsp3) is 0.909. The molecule has 2 heterocycles. The van der Waals surface area contributed by atoms with E-state index in [4.69, 9.17) is 5.73 Å². The molecule has 0 radical (unpaired) electrons. The fourth-order valence-corrected chi connectivity index (χ4v) is 4.97. The van der Waals surface area contributed by atoms with Crippen molar-refractivity contribution in [1.29, 1.82) is 0 Å². The first-order chi connectivity index (χ1) is 7.83. The Balaban J connectivity index is 1.95. The number of amides is 1. The summed E-state index contributed by atoms with van der Waals surface area (Å²) in [5, 5.41) is 0.186. The molecule has 0 aliphatic carbocycles. The summed E-state index contributed by atoms with van der Waals surface area (Å²) in [4.78, 5) is 14.4. The summed E-state index contributed by atoms with van der Waals surface area (Å²) in [5.41, 5.74) is 5.76. The molecule has 5 heteroatoms. The van der Waals surface area contributed by atoms with E-state index in [1.165, 1.54) is 12.2 Å². The molecule has 2 saturated heterocycles. The van der Waals surface area contributed by atoms with Crippen molar-refractivity contribution in [1.82, 2.24) is 4.90 Å². The number of nitrogens with zero attached hydrogens (tertiary/aromatic N) is 1. The highest BCUT2D eigenvalue weighted by Gasteiger charge is 2.31.